The van der Waals surface area contributed by atoms with E-state index in [0.29, 0.717) is 27.0 Å². The van der Waals surface area contributed by atoms with Crippen molar-refractivity contribution in [3.63, 3.8) is 0 Å². The number of hydrogen-bond donors (Lipinski definition) is 1. The monoisotopic (exact) mass is 324 g/mol. The average molecular weight is 325 g/mol. The van der Waals surface area contributed by atoms with E-state index in [0.717, 1.165) is 0 Å². The van der Waals surface area contributed by atoms with Gasteiger partial charge < -0.3 is 9.84 Å². The molecule has 2 aromatic rings. The van der Waals surface area contributed by atoms with Crippen LogP contribution in [0.2, 0.25) is 5.02 Å². The van der Waals surface area contributed by atoms with Crippen LogP contribution in [0.4, 0.5) is 0 Å². The minimum atomic E-state index is -1.05. The Hall–Kier alpha value is -1.85. The van der Waals surface area contributed by atoms with Gasteiger partial charge in [0.1, 0.15) is 11.5 Å². The van der Waals surface area contributed by atoms with Crippen LogP contribution in [0.25, 0.3) is 0 Å². The van der Waals surface area contributed by atoms with E-state index >= 15 is 0 Å². The summed E-state index contributed by atoms with van der Waals surface area (Å²) < 4.78 is 17.0. The number of rotatable bonds is 5. The Labute approximate surface area is 129 Å². The molecule has 1 atom stereocenters. The van der Waals surface area contributed by atoms with Crippen molar-refractivity contribution >= 4 is 28.4 Å². The fraction of sp³-hybridized carbons (Fsp3) is 0.133. The molecule has 0 aliphatic heterocycles. The summed E-state index contributed by atoms with van der Waals surface area (Å²) in [7, 11) is -1.05. The predicted octanol–water partition coefficient (Wildman–Crippen LogP) is 3.50. The molecule has 21 heavy (non-hydrogen) atoms. The summed E-state index contributed by atoms with van der Waals surface area (Å²) in [6.45, 7) is 0. The van der Waals surface area contributed by atoms with Gasteiger partial charge in [0, 0.05) is 22.0 Å². The van der Waals surface area contributed by atoms with E-state index in [1.54, 1.807) is 48.7 Å². The minimum Gasteiger partial charge on any atom is -0.481 e. The largest absolute Gasteiger partial charge is 0.481 e. The maximum Gasteiger partial charge on any atom is 0.307 e. The Kier molecular flexibility index (Phi) is 4.98. The summed E-state index contributed by atoms with van der Waals surface area (Å²) in [4.78, 5) is 11.4. The van der Waals surface area contributed by atoms with Crippen LogP contribution in [-0.2, 0) is 22.0 Å². The smallest absolute Gasteiger partial charge is 0.307 e. The molecule has 1 N–H and O–H groups in total. The van der Waals surface area contributed by atoms with Crippen molar-refractivity contribution in [2.24, 2.45) is 0 Å². The molecule has 110 valence electrons. The number of ether oxygens (including phenoxy) is 1. The van der Waals surface area contributed by atoms with Gasteiger partial charge in [-0.15, -0.1) is 0 Å². The number of carbonyl (C=O) groups is 1. The maximum atomic E-state index is 11.3. The van der Waals surface area contributed by atoms with Gasteiger partial charge in [-0.3, -0.25) is 9.00 Å². The molecule has 0 radical (unpaired) electrons. The molecule has 0 heterocycles. The average Bonchev–Trinajstić information content (AvgIpc) is 2.42. The highest BCUT2D eigenvalue weighted by molar-refractivity contribution is 7.84. The lowest BCUT2D eigenvalue weighted by molar-refractivity contribution is -0.136. The maximum absolute atomic E-state index is 11.3. The van der Waals surface area contributed by atoms with Gasteiger partial charge >= 0.3 is 5.97 Å². The van der Waals surface area contributed by atoms with Crippen LogP contribution in [0.15, 0.2) is 47.4 Å². The summed E-state index contributed by atoms with van der Waals surface area (Å²) >= 11 is 6.04. The lowest BCUT2D eigenvalue weighted by Crippen LogP contribution is -2.00. The third-order valence-corrected chi connectivity index (χ3v) is 3.98. The van der Waals surface area contributed by atoms with Crippen LogP contribution in [0.1, 0.15) is 5.56 Å². The molecular weight excluding hydrogens is 312 g/mol. The highest BCUT2D eigenvalue weighted by Gasteiger charge is 2.08. The van der Waals surface area contributed by atoms with Crippen molar-refractivity contribution in [3.8, 4) is 11.5 Å². The fourth-order valence-corrected chi connectivity index (χ4v) is 2.41. The lowest BCUT2D eigenvalue weighted by Gasteiger charge is -2.09. The van der Waals surface area contributed by atoms with Gasteiger partial charge in [-0.2, -0.15) is 0 Å². The summed E-state index contributed by atoms with van der Waals surface area (Å²) in [5, 5.41) is 9.19. The van der Waals surface area contributed by atoms with E-state index < -0.39 is 16.8 Å². The van der Waals surface area contributed by atoms with Gasteiger partial charge in [0.2, 0.25) is 0 Å². The van der Waals surface area contributed by atoms with Crippen LogP contribution < -0.4 is 4.74 Å². The first kappa shape index (κ1) is 15.5. The Morgan fingerprint density at radius 2 is 1.90 bits per heavy atom. The van der Waals surface area contributed by atoms with Gasteiger partial charge in [0.25, 0.3) is 0 Å². The minimum absolute atomic E-state index is 0.0959. The van der Waals surface area contributed by atoms with Crippen LogP contribution in [0, 0.1) is 0 Å². The first-order chi connectivity index (χ1) is 9.95. The molecule has 2 rings (SSSR count). The van der Waals surface area contributed by atoms with Crippen LogP contribution in [-0.4, -0.2) is 21.5 Å². The van der Waals surface area contributed by atoms with Crippen molar-refractivity contribution in [2.45, 2.75) is 11.3 Å². The van der Waals surface area contributed by atoms with E-state index in [9.17, 15) is 9.00 Å². The Bertz CT molecular complexity index is 683. The molecule has 2 aromatic carbocycles. The van der Waals surface area contributed by atoms with E-state index in [1.165, 1.54) is 0 Å². The Balaban J connectivity index is 2.21. The summed E-state index contributed by atoms with van der Waals surface area (Å²) in [5.74, 6) is 0.0115. The number of halogens is 1. The van der Waals surface area contributed by atoms with Crippen molar-refractivity contribution < 1.29 is 18.8 Å². The van der Waals surface area contributed by atoms with Crippen LogP contribution in [0.3, 0.4) is 0 Å². The van der Waals surface area contributed by atoms with E-state index in [4.69, 9.17) is 21.4 Å². The number of carboxylic acids is 1. The normalized spacial score (nSPS) is 11.9. The van der Waals surface area contributed by atoms with Crippen molar-refractivity contribution in [2.75, 3.05) is 6.26 Å². The second-order valence-electron chi connectivity index (χ2n) is 4.36. The molecule has 0 saturated heterocycles. The molecule has 6 heteroatoms. The quantitative estimate of drug-likeness (QED) is 0.914. The van der Waals surface area contributed by atoms with E-state index in [1.807, 2.05) is 0 Å². The Morgan fingerprint density at radius 1 is 1.24 bits per heavy atom. The predicted molar refractivity (Wildman–Crippen MR) is 81.6 cm³/mol. The Morgan fingerprint density at radius 3 is 2.48 bits per heavy atom. The van der Waals surface area contributed by atoms with E-state index in [-0.39, 0.29) is 6.42 Å². The first-order valence-corrected chi connectivity index (χ1v) is 8.01. The van der Waals surface area contributed by atoms with Crippen molar-refractivity contribution in [1.82, 2.24) is 0 Å². The van der Waals surface area contributed by atoms with Gasteiger partial charge in [0.15, 0.2) is 0 Å². The third-order valence-electron chi connectivity index (χ3n) is 2.73. The SMILES string of the molecule is CS(=O)c1ccc(Oc2cc(CC(=O)O)ccc2Cl)cc1. The van der Waals surface area contributed by atoms with Crippen molar-refractivity contribution in [3.05, 3.63) is 53.1 Å². The standard InChI is InChI=1S/C15H13ClO4S/c1-21(19)12-5-3-11(4-6-12)20-14-8-10(9-15(17)18)2-7-13(14)16/h2-8H,9H2,1H3,(H,17,18). The van der Waals surface area contributed by atoms with Gasteiger partial charge in [0.05, 0.1) is 11.4 Å². The zero-order valence-electron chi connectivity index (χ0n) is 11.2. The highest BCUT2D eigenvalue weighted by Crippen LogP contribution is 2.30. The summed E-state index contributed by atoms with van der Waals surface area (Å²) in [6.07, 6.45) is 1.50. The van der Waals surface area contributed by atoms with Gasteiger partial charge in [-0.25, -0.2) is 0 Å². The number of aliphatic carboxylic acids is 1. The molecule has 4 nitrogen and oxygen atoms in total. The lowest BCUT2D eigenvalue weighted by atomic mass is 10.1. The van der Waals surface area contributed by atoms with Gasteiger partial charge in [-0.1, -0.05) is 17.7 Å². The summed E-state index contributed by atoms with van der Waals surface area (Å²) in [6, 6.07) is 11.6. The topological polar surface area (TPSA) is 63.6 Å². The highest BCUT2D eigenvalue weighted by atomic mass is 35.5. The summed E-state index contributed by atoms with van der Waals surface area (Å²) in [5.41, 5.74) is 0.605. The molecular formula is C15H13ClO4S. The first-order valence-electron chi connectivity index (χ1n) is 6.07. The molecule has 1 unspecified atom stereocenters. The second kappa shape index (κ2) is 6.74. The molecule has 0 bridgehead atoms. The zero-order valence-corrected chi connectivity index (χ0v) is 12.8. The van der Waals surface area contributed by atoms with E-state index in [2.05, 4.69) is 0 Å². The molecule has 0 aromatic heterocycles. The van der Waals surface area contributed by atoms with Crippen LogP contribution >= 0.6 is 11.6 Å². The molecule has 0 saturated carbocycles. The number of hydrogen-bond acceptors (Lipinski definition) is 3. The van der Waals surface area contributed by atoms with Crippen LogP contribution in [0.5, 0.6) is 11.5 Å². The molecule has 0 fully saturated rings. The zero-order chi connectivity index (χ0) is 15.4. The molecule has 0 aliphatic rings. The molecule has 0 amide bonds. The third kappa shape index (κ3) is 4.31. The number of carboxylic acid groups (broad SMARTS) is 1. The fourth-order valence-electron chi connectivity index (χ4n) is 1.74. The molecule has 0 aliphatic carbocycles. The number of benzene rings is 2. The van der Waals surface area contributed by atoms with Crippen molar-refractivity contribution in [1.29, 1.82) is 0 Å². The molecule has 0 spiro atoms. The van der Waals surface area contributed by atoms with Gasteiger partial charge in [-0.05, 0) is 42.0 Å². The second-order valence-corrected chi connectivity index (χ2v) is 6.15.